The van der Waals surface area contributed by atoms with Gasteiger partial charge in [-0.25, -0.2) is 0 Å². The second-order valence-corrected chi connectivity index (χ2v) is 4.44. The van der Waals surface area contributed by atoms with Crippen molar-refractivity contribution in [3.63, 3.8) is 0 Å². The third kappa shape index (κ3) is 2.52. The summed E-state index contributed by atoms with van der Waals surface area (Å²) in [7, 11) is 0. The molecule has 0 aliphatic rings. The van der Waals surface area contributed by atoms with E-state index >= 15 is 0 Å². The summed E-state index contributed by atoms with van der Waals surface area (Å²) < 4.78 is 0. The average molecular weight is 210 g/mol. The zero-order valence-corrected chi connectivity index (χ0v) is 9.98. The zero-order chi connectivity index (χ0) is 11.4. The standard InChI is InChI=1S/C16H18/c1-13-8-6-7-11-16(13)12-14(2)15-9-4-3-5-10-15/h3-11,14H,12H2,1-2H3/t14-/m0/s1. The van der Waals surface area contributed by atoms with Gasteiger partial charge in [0.05, 0.1) is 0 Å². The molecular formula is C16H18. The van der Waals surface area contributed by atoms with Gasteiger partial charge < -0.3 is 0 Å². The molecule has 0 aliphatic heterocycles. The minimum atomic E-state index is 0.585. The third-order valence-corrected chi connectivity index (χ3v) is 3.16. The molecule has 0 amide bonds. The van der Waals surface area contributed by atoms with Gasteiger partial charge in [0, 0.05) is 0 Å². The molecule has 2 rings (SSSR count). The van der Waals surface area contributed by atoms with Crippen LogP contribution in [0, 0.1) is 6.92 Å². The summed E-state index contributed by atoms with van der Waals surface area (Å²) in [4.78, 5) is 0. The minimum absolute atomic E-state index is 0.585. The Morgan fingerprint density at radius 3 is 2.19 bits per heavy atom. The summed E-state index contributed by atoms with van der Waals surface area (Å²) in [5, 5.41) is 0. The normalized spacial score (nSPS) is 12.4. The zero-order valence-electron chi connectivity index (χ0n) is 9.98. The van der Waals surface area contributed by atoms with Gasteiger partial charge in [-0.05, 0) is 36.0 Å². The van der Waals surface area contributed by atoms with Gasteiger partial charge in [0.15, 0.2) is 0 Å². The van der Waals surface area contributed by atoms with Crippen LogP contribution in [0.3, 0.4) is 0 Å². The molecular weight excluding hydrogens is 192 g/mol. The molecule has 2 aromatic rings. The summed E-state index contributed by atoms with van der Waals surface area (Å²) in [5.41, 5.74) is 4.27. The fourth-order valence-corrected chi connectivity index (χ4v) is 2.07. The lowest BCUT2D eigenvalue weighted by molar-refractivity contribution is 0.755. The van der Waals surface area contributed by atoms with E-state index in [9.17, 15) is 0 Å². The first kappa shape index (κ1) is 10.9. The molecule has 1 atom stereocenters. The van der Waals surface area contributed by atoms with Crippen LogP contribution in [0.1, 0.15) is 29.5 Å². The molecule has 0 heterocycles. The molecule has 0 heteroatoms. The van der Waals surface area contributed by atoms with Crippen molar-refractivity contribution in [1.29, 1.82) is 0 Å². The lowest BCUT2D eigenvalue weighted by Gasteiger charge is -2.13. The van der Waals surface area contributed by atoms with Crippen molar-refractivity contribution in [2.75, 3.05) is 0 Å². The smallest absolute Gasteiger partial charge is 0.0150 e. The van der Waals surface area contributed by atoms with Crippen LogP contribution >= 0.6 is 0 Å². The van der Waals surface area contributed by atoms with Crippen LogP contribution in [0.5, 0.6) is 0 Å². The Morgan fingerprint density at radius 1 is 0.875 bits per heavy atom. The van der Waals surface area contributed by atoms with Gasteiger partial charge in [-0.3, -0.25) is 0 Å². The predicted molar refractivity (Wildman–Crippen MR) is 69.7 cm³/mol. The molecule has 0 aromatic heterocycles. The number of hydrogen-bond donors (Lipinski definition) is 0. The van der Waals surface area contributed by atoms with Crippen molar-refractivity contribution in [3.05, 3.63) is 71.3 Å². The third-order valence-electron chi connectivity index (χ3n) is 3.16. The van der Waals surface area contributed by atoms with Crippen LogP contribution in [0.2, 0.25) is 0 Å². The molecule has 0 nitrogen and oxygen atoms in total. The Morgan fingerprint density at radius 2 is 1.50 bits per heavy atom. The first-order chi connectivity index (χ1) is 7.77. The van der Waals surface area contributed by atoms with Crippen LogP contribution in [0.15, 0.2) is 54.6 Å². The van der Waals surface area contributed by atoms with E-state index in [4.69, 9.17) is 0 Å². The highest BCUT2D eigenvalue weighted by molar-refractivity contribution is 5.29. The number of benzene rings is 2. The number of aryl methyl sites for hydroxylation is 1. The highest BCUT2D eigenvalue weighted by Gasteiger charge is 2.07. The van der Waals surface area contributed by atoms with Gasteiger partial charge in [-0.1, -0.05) is 61.5 Å². The van der Waals surface area contributed by atoms with Gasteiger partial charge in [-0.2, -0.15) is 0 Å². The van der Waals surface area contributed by atoms with E-state index in [0.29, 0.717) is 5.92 Å². The minimum Gasteiger partial charge on any atom is -0.0622 e. The Kier molecular flexibility index (Phi) is 3.40. The van der Waals surface area contributed by atoms with Crippen LogP contribution < -0.4 is 0 Å². The van der Waals surface area contributed by atoms with Crippen LogP contribution in [0.4, 0.5) is 0 Å². The molecule has 0 bridgehead atoms. The Balaban J connectivity index is 2.14. The average Bonchev–Trinajstić information content (AvgIpc) is 2.33. The second kappa shape index (κ2) is 4.98. The first-order valence-electron chi connectivity index (χ1n) is 5.87. The predicted octanol–water partition coefficient (Wildman–Crippen LogP) is 4.34. The number of hydrogen-bond acceptors (Lipinski definition) is 0. The fraction of sp³-hybridized carbons (Fsp3) is 0.250. The molecule has 0 aliphatic carbocycles. The van der Waals surface area contributed by atoms with Crippen molar-refractivity contribution < 1.29 is 0 Å². The molecule has 0 radical (unpaired) electrons. The Labute approximate surface area is 97.9 Å². The van der Waals surface area contributed by atoms with E-state index in [1.165, 1.54) is 16.7 Å². The molecule has 2 aromatic carbocycles. The van der Waals surface area contributed by atoms with Crippen molar-refractivity contribution in [2.45, 2.75) is 26.2 Å². The molecule has 0 fully saturated rings. The van der Waals surface area contributed by atoms with Crippen LogP contribution in [-0.4, -0.2) is 0 Å². The lowest BCUT2D eigenvalue weighted by Crippen LogP contribution is -1.99. The quantitative estimate of drug-likeness (QED) is 0.707. The molecule has 0 N–H and O–H groups in total. The van der Waals surface area contributed by atoms with Crippen molar-refractivity contribution in [1.82, 2.24) is 0 Å². The maximum Gasteiger partial charge on any atom is -0.0150 e. The highest BCUT2D eigenvalue weighted by Crippen LogP contribution is 2.21. The fourth-order valence-electron chi connectivity index (χ4n) is 2.07. The monoisotopic (exact) mass is 210 g/mol. The Hall–Kier alpha value is -1.56. The molecule has 0 saturated heterocycles. The van der Waals surface area contributed by atoms with Crippen LogP contribution in [0.25, 0.3) is 0 Å². The van der Waals surface area contributed by atoms with E-state index in [1.54, 1.807) is 0 Å². The maximum absolute atomic E-state index is 2.29. The molecule has 16 heavy (non-hydrogen) atoms. The van der Waals surface area contributed by atoms with Gasteiger partial charge in [-0.15, -0.1) is 0 Å². The summed E-state index contributed by atoms with van der Waals surface area (Å²) in [6, 6.07) is 19.4. The van der Waals surface area contributed by atoms with E-state index < -0.39 is 0 Å². The largest absolute Gasteiger partial charge is 0.0622 e. The molecule has 0 saturated carbocycles. The van der Waals surface area contributed by atoms with E-state index in [2.05, 4.69) is 68.4 Å². The van der Waals surface area contributed by atoms with E-state index in [1.807, 2.05) is 0 Å². The van der Waals surface area contributed by atoms with E-state index in [-0.39, 0.29) is 0 Å². The summed E-state index contributed by atoms with van der Waals surface area (Å²) in [5.74, 6) is 0.585. The number of rotatable bonds is 3. The SMILES string of the molecule is Cc1ccccc1C[C@H](C)c1ccccc1. The summed E-state index contributed by atoms with van der Waals surface area (Å²) >= 11 is 0. The first-order valence-corrected chi connectivity index (χ1v) is 5.87. The topological polar surface area (TPSA) is 0 Å². The van der Waals surface area contributed by atoms with E-state index in [0.717, 1.165) is 6.42 Å². The summed E-state index contributed by atoms with van der Waals surface area (Å²) in [6.45, 7) is 4.48. The summed E-state index contributed by atoms with van der Waals surface area (Å²) in [6.07, 6.45) is 1.12. The van der Waals surface area contributed by atoms with Gasteiger partial charge in [0.2, 0.25) is 0 Å². The second-order valence-electron chi connectivity index (χ2n) is 4.44. The van der Waals surface area contributed by atoms with Gasteiger partial charge in [0.1, 0.15) is 0 Å². The van der Waals surface area contributed by atoms with Crippen LogP contribution in [-0.2, 0) is 6.42 Å². The van der Waals surface area contributed by atoms with Crippen molar-refractivity contribution in [3.8, 4) is 0 Å². The molecule has 82 valence electrons. The highest BCUT2D eigenvalue weighted by atomic mass is 14.1. The van der Waals surface area contributed by atoms with Gasteiger partial charge >= 0.3 is 0 Å². The maximum atomic E-state index is 2.29. The van der Waals surface area contributed by atoms with Gasteiger partial charge in [0.25, 0.3) is 0 Å². The molecule has 0 spiro atoms. The van der Waals surface area contributed by atoms with Crippen molar-refractivity contribution in [2.24, 2.45) is 0 Å². The lowest BCUT2D eigenvalue weighted by atomic mass is 9.92. The Bertz CT molecular complexity index is 443. The van der Waals surface area contributed by atoms with Crippen molar-refractivity contribution >= 4 is 0 Å². The molecule has 0 unspecified atom stereocenters.